The van der Waals surface area contributed by atoms with Gasteiger partial charge >= 0.3 is 0 Å². The third kappa shape index (κ3) is 5.58. The van der Waals surface area contributed by atoms with Gasteiger partial charge in [0, 0.05) is 12.1 Å². The lowest BCUT2D eigenvalue weighted by Crippen LogP contribution is -2.51. The first-order valence-electron chi connectivity index (χ1n) is 8.56. The summed E-state index contributed by atoms with van der Waals surface area (Å²) in [5.74, 6) is 0. The third-order valence-corrected chi connectivity index (χ3v) is 4.99. The summed E-state index contributed by atoms with van der Waals surface area (Å²) >= 11 is 0. The van der Waals surface area contributed by atoms with E-state index in [9.17, 15) is 5.26 Å². The molecule has 1 fully saturated rings. The Labute approximate surface area is 131 Å². The second-order valence-corrected chi connectivity index (χ2v) is 6.75. The fraction of sp³-hybridized carbons (Fsp3) is 0.941. The fourth-order valence-corrected chi connectivity index (χ4v) is 3.30. The van der Waals surface area contributed by atoms with E-state index in [0.717, 1.165) is 19.4 Å². The van der Waals surface area contributed by atoms with Gasteiger partial charge in [-0.25, -0.2) is 0 Å². The Morgan fingerprint density at radius 3 is 2.48 bits per heavy atom. The summed E-state index contributed by atoms with van der Waals surface area (Å²) in [5.41, 5.74) is -0.409. The van der Waals surface area contributed by atoms with E-state index in [4.69, 9.17) is 0 Å². The average molecular weight is 294 g/mol. The van der Waals surface area contributed by atoms with E-state index in [0.29, 0.717) is 12.1 Å². The van der Waals surface area contributed by atoms with Crippen molar-refractivity contribution in [3.63, 3.8) is 0 Å². The van der Waals surface area contributed by atoms with Crippen molar-refractivity contribution in [1.82, 2.24) is 15.1 Å². The summed E-state index contributed by atoms with van der Waals surface area (Å²) in [4.78, 5) is 5.02. The molecule has 0 saturated carbocycles. The van der Waals surface area contributed by atoms with Gasteiger partial charge in [-0.15, -0.1) is 0 Å². The SMILES string of the molecule is CCCNC(C)(C#N)CC(C)N(C)C1CCN(CC)CC1. The summed E-state index contributed by atoms with van der Waals surface area (Å²) in [6, 6.07) is 3.56. The van der Waals surface area contributed by atoms with E-state index in [-0.39, 0.29) is 0 Å². The molecule has 1 N–H and O–H groups in total. The molecule has 0 aromatic carbocycles. The molecular formula is C17H34N4. The second-order valence-electron chi connectivity index (χ2n) is 6.75. The molecule has 1 heterocycles. The molecule has 0 bridgehead atoms. The minimum absolute atomic E-state index is 0.409. The zero-order chi connectivity index (χ0) is 15.9. The number of nitrogens with zero attached hydrogens (tertiary/aromatic N) is 3. The topological polar surface area (TPSA) is 42.3 Å². The molecule has 0 aromatic heterocycles. The van der Waals surface area contributed by atoms with Gasteiger partial charge < -0.3 is 9.80 Å². The van der Waals surface area contributed by atoms with Crippen molar-refractivity contribution < 1.29 is 0 Å². The lowest BCUT2D eigenvalue weighted by molar-refractivity contribution is 0.0932. The molecule has 0 radical (unpaired) electrons. The van der Waals surface area contributed by atoms with Crippen LogP contribution in [0.15, 0.2) is 0 Å². The van der Waals surface area contributed by atoms with Crippen LogP contribution in [0.2, 0.25) is 0 Å². The van der Waals surface area contributed by atoms with E-state index in [1.807, 2.05) is 6.92 Å². The maximum Gasteiger partial charge on any atom is 0.105 e. The first-order chi connectivity index (χ1) is 9.95. The standard InChI is InChI=1S/C17H34N4/c1-6-10-19-17(4,14-18)13-15(3)20(5)16-8-11-21(7-2)12-9-16/h15-16,19H,6-13H2,1-5H3. The summed E-state index contributed by atoms with van der Waals surface area (Å²) in [5, 5.41) is 12.9. The number of likely N-dealkylation sites (tertiary alicyclic amines) is 1. The Morgan fingerprint density at radius 2 is 2.00 bits per heavy atom. The van der Waals surface area contributed by atoms with Crippen molar-refractivity contribution in [2.45, 2.75) is 71.0 Å². The molecule has 1 rings (SSSR count). The average Bonchev–Trinajstić information content (AvgIpc) is 2.52. The Hall–Kier alpha value is -0.630. The molecule has 0 aromatic rings. The van der Waals surface area contributed by atoms with Crippen LogP contribution in [0.4, 0.5) is 0 Å². The summed E-state index contributed by atoms with van der Waals surface area (Å²) < 4.78 is 0. The first kappa shape index (κ1) is 18.4. The van der Waals surface area contributed by atoms with E-state index in [1.165, 1.54) is 32.5 Å². The third-order valence-electron chi connectivity index (χ3n) is 4.99. The molecule has 21 heavy (non-hydrogen) atoms. The van der Waals surface area contributed by atoms with Crippen LogP contribution >= 0.6 is 0 Å². The van der Waals surface area contributed by atoms with Crippen LogP contribution in [0.3, 0.4) is 0 Å². The number of hydrogen-bond acceptors (Lipinski definition) is 4. The maximum absolute atomic E-state index is 9.48. The molecule has 2 unspecified atom stereocenters. The monoisotopic (exact) mass is 294 g/mol. The number of rotatable bonds is 8. The van der Waals surface area contributed by atoms with E-state index in [2.05, 4.69) is 49.0 Å². The number of hydrogen-bond donors (Lipinski definition) is 1. The predicted octanol–water partition coefficient (Wildman–Crippen LogP) is 2.46. The minimum atomic E-state index is -0.409. The minimum Gasteiger partial charge on any atom is -0.303 e. The lowest BCUT2D eigenvalue weighted by atomic mass is 9.92. The number of nitrogens with one attached hydrogen (secondary N) is 1. The maximum atomic E-state index is 9.48. The Balaban J connectivity index is 2.50. The van der Waals surface area contributed by atoms with E-state index < -0.39 is 5.54 Å². The molecule has 0 amide bonds. The normalized spacial score (nSPS) is 22.0. The van der Waals surface area contributed by atoms with Gasteiger partial charge in [-0.1, -0.05) is 13.8 Å². The van der Waals surface area contributed by atoms with Crippen LogP contribution in [0.5, 0.6) is 0 Å². The molecule has 1 aliphatic rings. The van der Waals surface area contributed by atoms with Gasteiger partial charge in [0.05, 0.1) is 6.07 Å². The highest BCUT2D eigenvalue weighted by Crippen LogP contribution is 2.21. The molecule has 1 aliphatic heterocycles. The molecular weight excluding hydrogens is 260 g/mol. The van der Waals surface area contributed by atoms with E-state index in [1.54, 1.807) is 0 Å². The van der Waals surface area contributed by atoms with Crippen LogP contribution in [-0.2, 0) is 0 Å². The highest BCUT2D eigenvalue weighted by atomic mass is 15.2. The van der Waals surface area contributed by atoms with Crippen molar-refractivity contribution >= 4 is 0 Å². The molecule has 4 heteroatoms. The largest absolute Gasteiger partial charge is 0.303 e. The molecule has 4 nitrogen and oxygen atoms in total. The van der Waals surface area contributed by atoms with Gasteiger partial charge in [0.15, 0.2) is 0 Å². The zero-order valence-electron chi connectivity index (χ0n) is 14.7. The molecule has 2 atom stereocenters. The number of piperidine rings is 1. The Bertz CT molecular complexity index is 330. The van der Waals surface area contributed by atoms with Gasteiger partial charge in [-0.3, -0.25) is 5.32 Å². The van der Waals surface area contributed by atoms with Crippen LogP contribution in [-0.4, -0.2) is 60.6 Å². The van der Waals surface area contributed by atoms with Crippen molar-refractivity contribution in [3.8, 4) is 6.07 Å². The van der Waals surface area contributed by atoms with Gasteiger partial charge in [0.1, 0.15) is 5.54 Å². The quantitative estimate of drug-likeness (QED) is 0.747. The van der Waals surface area contributed by atoms with Gasteiger partial charge in [0.2, 0.25) is 0 Å². The van der Waals surface area contributed by atoms with Crippen LogP contribution in [0, 0.1) is 11.3 Å². The smallest absolute Gasteiger partial charge is 0.105 e. The first-order valence-corrected chi connectivity index (χ1v) is 8.56. The van der Waals surface area contributed by atoms with Crippen molar-refractivity contribution in [3.05, 3.63) is 0 Å². The Morgan fingerprint density at radius 1 is 1.38 bits per heavy atom. The van der Waals surface area contributed by atoms with Gasteiger partial charge in [0.25, 0.3) is 0 Å². The van der Waals surface area contributed by atoms with Gasteiger partial charge in [-0.05, 0) is 72.8 Å². The summed E-state index contributed by atoms with van der Waals surface area (Å²) in [7, 11) is 2.23. The highest BCUT2D eigenvalue weighted by molar-refractivity contribution is 5.05. The summed E-state index contributed by atoms with van der Waals surface area (Å²) in [6.07, 6.45) is 4.45. The molecule has 122 valence electrons. The van der Waals surface area contributed by atoms with E-state index >= 15 is 0 Å². The second kappa shape index (κ2) is 8.73. The summed E-state index contributed by atoms with van der Waals surface area (Å²) in [6.45, 7) is 13.2. The molecule has 0 spiro atoms. The zero-order valence-corrected chi connectivity index (χ0v) is 14.7. The lowest BCUT2D eigenvalue weighted by Gasteiger charge is -2.40. The number of nitriles is 1. The van der Waals surface area contributed by atoms with Crippen molar-refractivity contribution in [2.75, 3.05) is 33.2 Å². The fourth-order valence-electron chi connectivity index (χ4n) is 3.30. The van der Waals surface area contributed by atoms with Gasteiger partial charge in [-0.2, -0.15) is 5.26 Å². The highest BCUT2D eigenvalue weighted by Gasteiger charge is 2.30. The van der Waals surface area contributed by atoms with Crippen molar-refractivity contribution in [1.29, 1.82) is 5.26 Å². The predicted molar refractivity (Wildman–Crippen MR) is 89.3 cm³/mol. The molecule has 0 aliphatic carbocycles. The molecule has 1 saturated heterocycles. The van der Waals surface area contributed by atoms with Crippen molar-refractivity contribution in [2.24, 2.45) is 0 Å². The van der Waals surface area contributed by atoms with Crippen LogP contribution in [0.25, 0.3) is 0 Å². The van der Waals surface area contributed by atoms with Crippen LogP contribution < -0.4 is 5.32 Å². The Kier molecular flexibility index (Phi) is 7.65. The van der Waals surface area contributed by atoms with Crippen LogP contribution in [0.1, 0.15) is 53.4 Å².